The predicted octanol–water partition coefficient (Wildman–Crippen LogP) is 2.45. The Balaban J connectivity index is 2.16. The van der Waals surface area contributed by atoms with E-state index in [-0.39, 0.29) is 6.61 Å². The van der Waals surface area contributed by atoms with Crippen molar-refractivity contribution in [3.63, 3.8) is 0 Å². The third kappa shape index (κ3) is 3.77. The van der Waals surface area contributed by atoms with Gasteiger partial charge in [-0.05, 0) is 31.2 Å². The van der Waals surface area contributed by atoms with E-state index in [0.29, 0.717) is 34.6 Å². The Kier molecular flexibility index (Phi) is 5.41. The van der Waals surface area contributed by atoms with Gasteiger partial charge in [-0.1, -0.05) is 6.07 Å². The normalized spacial score (nSPS) is 10.8. The Morgan fingerprint density at radius 2 is 1.85 bits per heavy atom. The Morgan fingerprint density at radius 1 is 1.15 bits per heavy atom. The van der Waals surface area contributed by atoms with E-state index in [1.165, 1.54) is 0 Å². The minimum atomic E-state index is -1.07. The van der Waals surface area contributed by atoms with Crippen LogP contribution in [0.1, 0.15) is 11.6 Å². The fourth-order valence-electron chi connectivity index (χ4n) is 2.64. The van der Waals surface area contributed by atoms with Gasteiger partial charge in [-0.15, -0.1) is 10.2 Å². The zero-order chi connectivity index (χ0) is 19.4. The van der Waals surface area contributed by atoms with Gasteiger partial charge in [0.2, 0.25) is 5.82 Å². The van der Waals surface area contributed by atoms with Crippen LogP contribution in [-0.2, 0) is 16.1 Å². The van der Waals surface area contributed by atoms with E-state index >= 15 is 0 Å². The molecule has 0 spiro atoms. The fraction of sp³-hybridized carbons (Fsp3) is 0.278. The van der Waals surface area contributed by atoms with Gasteiger partial charge in [0.25, 0.3) is 0 Å². The lowest BCUT2D eigenvalue weighted by atomic mass is 10.2. The van der Waals surface area contributed by atoms with Gasteiger partial charge in [-0.2, -0.15) is 0 Å². The number of carboxylic acid groups (broad SMARTS) is 1. The lowest BCUT2D eigenvalue weighted by Crippen LogP contribution is -2.11. The summed E-state index contributed by atoms with van der Waals surface area (Å²) in [7, 11) is 3.08. The van der Waals surface area contributed by atoms with E-state index in [9.17, 15) is 4.79 Å². The molecule has 0 bridgehead atoms. The third-order valence-corrected chi connectivity index (χ3v) is 3.77. The molecule has 0 aliphatic rings. The second kappa shape index (κ2) is 7.92. The Bertz CT molecular complexity index is 924. The van der Waals surface area contributed by atoms with E-state index in [1.807, 2.05) is 13.0 Å². The maximum Gasteiger partial charge on any atom is 0.329 e. The molecule has 0 aliphatic carbocycles. The van der Waals surface area contributed by atoms with Crippen LogP contribution in [-0.4, -0.2) is 46.7 Å². The monoisotopic (exact) mass is 373 g/mol. The number of hydrogen-bond donors (Lipinski definition) is 1. The van der Waals surface area contributed by atoms with Crippen LogP contribution in [0.25, 0.3) is 17.3 Å². The zero-order valence-electron chi connectivity index (χ0n) is 15.1. The quantitative estimate of drug-likeness (QED) is 0.641. The van der Waals surface area contributed by atoms with Crippen LogP contribution in [0.2, 0.25) is 0 Å². The summed E-state index contributed by atoms with van der Waals surface area (Å²) in [5.74, 6) is 1.99. The summed E-state index contributed by atoms with van der Waals surface area (Å²) in [5.41, 5.74) is 0.561. The van der Waals surface area contributed by atoms with Crippen molar-refractivity contribution in [3.8, 4) is 28.8 Å². The van der Waals surface area contributed by atoms with Crippen LogP contribution in [0.4, 0.5) is 0 Å². The highest BCUT2D eigenvalue weighted by atomic mass is 16.5. The molecular weight excluding hydrogens is 354 g/mol. The molecule has 27 heavy (non-hydrogen) atoms. The summed E-state index contributed by atoms with van der Waals surface area (Å²) in [6, 6.07) is 8.94. The lowest BCUT2D eigenvalue weighted by molar-refractivity contribution is -0.142. The average Bonchev–Trinajstić information content (AvgIpc) is 3.26. The zero-order valence-corrected chi connectivity index (χ0v) is 15.1. The number of aryl methyl sites for hydroxylation is 1. The van der Waals surface area contributed by atoms with Crippen LogP contribution < -0.4 is 9.47 Å². The van der Waals surface area contributed by atoms with Gasteiger partial charge in [0.05, 0.1) is 14.2 Å². The number of para-hydroxylation sites is 1. The van der Waals surface area contributed by atoms with Crippen molar-refractivity contribution in [2.24, 2.45) is 0 Å². The number of benzene rings is 1. The van der Waals surface area contributed by atoms with E-state index in [4.69, 9.17) is 23.7 Å². The summed E-state index contributed by atoms with van der Waals surface area (Å²) >= 11 is 0. The molecule has 2 aromatic heterocycles. The number of carboxylic acids is 1. The van der Waals surface area contributed by atoms with E-state index in [1.54, 1.807) is 43.1 Å². The highest BCUT2D eigenvalue weighted by Gasteiger charge is 2.23. The molecule has 1 aromatic carbocycles. The van der Waals surface area contributed by atoms with Gasteiger partial charge in [-0.3, -0.25) is 4.57 Å². The number of hydrogen-bond acceptors (Lipinski definition) is 7. The second-order valence-electron chi connectivity index (χ2n) is 5.58. The summed E-state index contributed by atoms with van der Waals surface area (Å²) in [4.78, 5) is 10.8. The van der Waals surface area contributed by atoms with Crippen LogP contribution >= 0.6 is 0 Å². The van der Waals surface area contributed by atoms with Crippen LogP contribution in [0.5, 0.6) is 11.5 Å². The highest BCUT2D eigenvalue weighted by Crippen LogP contribution is 2.36. The molecule has 0 saturated carbocycles. The van der Waals surface area contributed by atoms with Gasteiger partial charge < -0.3 is 23.7 Å². The molecule has 0 atom stereocenters. The SMILES string of the molecule is COc1cccc(OC)c1-n1c(COCC(=O)O)nnc1-c1ccc(C)o1. The molecule has 1 N–H and O–H groups in total. The number of methoxy groups -OCH3 is 2. The first-order valence-electron chi connectivity index (χ1n) is 8.07. The molecule has 0 aliphatic heterocycles. The van der Waals surface area contributed by atoms with Gasteiger partial charge in [0.15, 0.2) is 11.6 Å². The number of ether oxygens (including phenoxy) is 3. The minimum absolute atomic E-state index is 0.0693. The first-order chi connectivity index (χ1) is 13.0. The lowest BCUT2D eigenvalue weighted by Gasteiger charge is -2.16. The van der Waals surface area contributed by atoms with E-state index < -0.39 is 12.6 Å². The molecule has 142 valence electrons. The van der Waals surface area contributed by atoms with Crippen molar-refractivity contribution < 1.29 is 28.5 Å². The first kappa shape index (κ1) is 18.5. The summed E-state index contributed by atoms with van der Waals surface area (Å²) in [6.07, 6.45) is 0. The van der Waals surface area contributed by atoms with Crippen LogP contribution in [0.15, 0.2) is 34.7 Å². The maximum absolute atomic E-state index is 10.8. The molecule has 2 heterocycles. The number of furan rings is 1. The number of rotatable bonds is 8. The summed E-state index contributed by atoms with van der Waals surface area (Å²) in [5, 5.41) is 17.2. The maximum atomic E-state index is 10.8. The molecule has 0 unspecified atom stereocenters. The molecule has 0 saturated heterocycles. The third-order valence-electron chi connectivity index (χ3n) is 3.77. The van der Waals surface area contributed by atoms with Crippen molar-refractivity contribution in [3.05, 3.63) is 41.9 Å². The molecule has 9 nitrogen and oxygen atoms in total. The number of carbonyl (C=O) groups is 1. The van der Waals surface area contributed by atoms with Gasteiger partial charge in [0.1, 0.15) is 36.2 Å². The smallest absolute Gasteiger partial charge is 0.329 e. The predicted molar refractivity (Wildman–Crippen MR) is 94.2 cm³/mol. The van der Waals surface area contributed by atoms with Crippen LogP contribution in [0.3, 0.4) is 0 Å². The largest absolute Gasteiger partial charge is 0.494 e. The summed E-state index contributed by atoms with van der Waals surface area (Å²) < 4.78 is 23.5. The van der Waals surface area contributed by atoms with Crippen molar-refractivity contribution in [1.29, 1.82) is 0 Å². The number of aliphatic carboxylic acids is 1. The van der Waals surface area contributed by atoms with Crippen molar-refractivity contribution in [2.75, 3.05) is 20.8 Å². The Hall–Kier alpha value is -3.33. The molecule has 3 aromatic rings. The second-order valence-corrected chi connectivity index (χ2v) is 5.58. The summed E-state index contributed by atoms with van der Waals surface area (Å²) in [6.45, 7) is 1.30. The van der Waals surface area contributed by atoms with Crippen molar-refractivity contribution >= 4 is 5.97 Å². The van der Waals surface area contributed by atoms with Gasteiger partial charge in [-0.25, -0.2) is 4.79 Å². The topological polar surface area (TPSA) is 109 Å². The van der Waals surface area contributed by atoms with E-state index in [0.717, 1.165) is 5.76 Å². The van der Waals surface area contributed by atoms with Crippen LogP contribution in [0, 0.1) is 6.92 Å². The van der Waals surface area contributed by atoms with Gasteiger partial charge in [0, 0.05) is 0 Å². The average molecular weight is 373 g/mol. The van der Waals surface area contributed by atoms with E-state index in [2.05, 4.69) is 10.2 Å². The van der Waals surface area contributed by atoms with Crippen molar-refractivity contribution in [1.82, 2.24) is 14.8 Å². The number of aromatic nitrogens is 3. The molecule has 0 amide bonds. The molecule has 3 rings (SSSR count). The first-order valence-corrected chi connectivity index (χ1v) is 8.07. The Morgan fingerprint density at radius 3 is 2.41 bits per heavy atom. The number of nitrogens with zero attached hydrogens (tertiary/aromatic N) is 3. The molecule has 0 radical (unpaired) electrons. The molecular formula is C18H19N3O6. The minimum Gasteiger partial charge on any atom is -0.494 e. The molecule has 0 fully saturated rings. The standard InChI is InChI=1S/C18H19N3O6/c1-11-7-8-14(27-11)18-20-19-15(9-26-10-16(22)23)21(18)17-12(24-2)5-4-6-13(17)25-3/h4-8H,9-10H2,1-3H3,(H,22,23). The van der Waals surface area contributed by atoms with Gasteiger partial charge >= 0.3 is 5.97 Å². The van der Waals surface area contributed by atoms with Crippen molar-refractivity contribution in [2.45, 2.75) is 13.5 Å². The Labute approximate surface area is 155 Å². The highest BCUT2D eigenvalue weighted by molar-refractivity contribution is 5.68. The molecule has 9 heteroatoms. The fourth-order valence-corrected chi connectivity index (χ4v) is 2.64.